The van der Waals surface area contributed by atoms with Gasteiger partial charge in [0, 0.05) is 39.6 Å². The lowest BCUT2D eigenvalue weighted by Crippen LogP contribution is -2.12. The molecule has 5 rings (SSSR count). The zero-order valence-electron chi connectivity index (χ0n) is 17.0. The van der Waals surface area contributed by atoms with Crippen LogP contribution in [0, 0.1) is 0 Å². The van der Waals surface area contributed by atoms with Crippen LogP contribution in [0.3, 0.4) is 0 Å². The van der Waals surface area contributed by atoms with Crippen LogP contribution in [-0.2, 0) is 6.54 Å². The summed E-state index contributed by atoms with van der Waals surface area (Å²) in [6, 6.07) is 26.3. The molecule has 5 nitrogen and oxygen atoms in total. The predicted molar refractivity (Wildman–Crippen MR) is 134 cm³/mol. The number of anilines is 1. The molecule has 0 radical (unpaired) electrons. The van der Waals surface area contributed by atoms with E-state index in [-0.39, 0.29) is 12.4 Å². The van der Waals surface area contributed by atoms with Crippen LogP contribution in [0.2, 0.25) is 0 Å². The first kappa shape index (κ1) is 21.7. The Morgan fingerprint density at radius 3 is 2.66 bits per heavy atom. The van der Waals surface area contributed by atoms with Crippen molar-refractivity contribution in [1.29, 1.82) is 0 Å². The monoisotopic (exact) mass is 460 g/mol. The Morgan fingerprint density at radius 1 is 1.00 bits per heavy atom. The summed E-state index contributed by atoms with van der Waals surface area (Å²) < 4.78 is 0. The Morgan fingerprint density at radius 2 is 1.84 bits per heavy atom. The summed E-state index contributed by atoms with van der Waals surface area (Å²) in [5.41, 5.74) is 10.1. The standard InChI is InChI=1S/C25H20N4OS.ClH/c26-25(30)23-24(31-19-6-2-1-3-7-19)20-13-16(8-10-22(20)29-23)15-28-18-9-11-21-17(14-18)5-4-12-27-21;/h1-14,28-29H,15H2,(H2,26,30);1H. The number of H-pyrrole nitrogens is 1. The summed E-state index contributed by atoms with van der Waals surface area (Å²) in [6.45, 7) is 0.661. The van der Waals surface area contributed by atoms with Gasteiger partial charge in [-0.1, -0.05) is 42.1 Å². The van der Waals surface area contributed by atoms with E-state index >= 15 is 0 Å². The fourth-order valence-electron chi connectivity index (χ4n) is 3.60. The van der Waals surface area contributed by atoms with Crippen molar-refractivity contribution in [3.05, 3.63) is 96.3 Å². The van der Waals surface area contributed by atoms with E-state index in [0.29, 0.717) is 12.2 Å². The third kappa shape index (κ3) is 4.42. The number of aromatic amines is 1. The highest BCUT2D eigenvalue weighted by Crippen LogP contribution is 2.37. The van der Waals surface area contributed by atoms with Crippen LogP contribution in [0.25, 0.3) is 21.8 Å². The van der Waals surface area contributed by atoms with Crippen molar-refractivity contribution in [1.82, 2.24) is 9.97 Å². The number of benzene rings is 3. The van der Waals surface area contributed by atoms with Gasteiger partial charge in [-0.05, 0) is 54.1 Å². The second-order valence-corrected chi connectivity index (χ2v) is 8.34. The molecule has 0 spiro atoms. The van der Waals surface area contributed by atoms with E-state index in [2.05, 4.69) is 39.6 Å². The molecular weight excluding hydrogens is 440 g/mol. The predicted octanol–water partition coefficient (Wildman–Crippen LogP) is 6.00. The normalized spacial score (nSPS) is 10.8. The molecule has 32 heavy (non-hydrogen) atoms. The summed E-state index contributed by atoms with van der Waals surface area (Å²) in [7, 11) is 0. The number of amides is 1. The van der Waals surface area contributed by atoms with Crippen molar-refractivity contribution < 1.29 is 4.79 Å². The van der Waals surface area contributed by atoms with E-state index in [1.807, 2.05) is 54.6 Å². The van der Waals surface area contributed by atoms with Gasteiger partial charge in [-0.2, -0.15) is 0 Å². The molecule has 2 aromatic heterocycles. The number of hydrogen-bond acceptors (Lipinski definition) is 4. The first-order valence-electron chi connectivity index (χ1n) is 9.93. The maximum atomic E-state index is 12.0. The van der Waals surface area contributed by atoms with Gasteiger partial charge in [0.25, 0.3) is 5.91 Å². The molecule has 160 valence electrons. The molecule has 5 aromatic rings. The summed E-state index contributed by atoms with van der Waals surface area (Å²) >= 11 is 1.54. The number of nitrogens with zero attached hydrogens (tertiary/aromatic N) is 1. The van der Waals surface area contributed by atoms with Crippen LogP contribution in [-0.4, -0.2) is 15.9 Å². The van der Waals surface area contributed by atoms with E-state index in [1.165, 1.54) is 0 Å². The minimum Gasteiger partial charge on any atom is -0.381 e. The highest BCUT2D eigenvalue weighted by atomic mass is 35.5. The lowest BCUT2D eigenvalue weighted by Gasteiger charge is -2.08. The van der Waals surface area contributed by atoms with Gasteiger partial charge in [-0.15, -0.1) is 12.4 Å². The maximum Gasteiger partial charge on any atom is 0.266 e. The largest absolute Gasteiger partial charge is 0.381 e. The van der Waals surface area contributed by atoms with Crippen molar-refractivity contribution in [3.8, 4) is 0 Å². The summed E-state index contributed by atoms with van der Waals surface area (Å²) in [4.78, 5) is 21.5. The van der Waals surface area contributed by atoms with Crippen LogP contribution >= 0.6 is 24.2 Å². The van der Waals surface area contributed by atoms with Crippen molar-refractivity contribution in [3.63, 3.8) is 0 Å². The zero-order chi connectivity index (χ0) is 21.2. The first-order chi connectivity index (χ1) is 15.2. The van der Waals surface area contributed by atoms with Crippen molar-refractivity contribution >= 4 is 57.6 Å². The third-order valence-electron chi connectivity index (χ3n) is 5.12. The fourth-order valence-corrected chi connectivity index (χ4v) is 4.66. The Hall–Kier alpha value is -3.48. The first-order valence-corrected chi connectivity index (χ1v) is 10.7. The molecule has 0 aliphatic carbocycles. The Bertz CT molecular complexity index is 1400. The van der Waals surface area contributed by atoms with Gasteiger partial charge in [-0.25, -0.2) is 0 Å². The highest BCUT2D eigenvalue weighted by molar-refractivity contribution is 7.99. The maximum absolute atomic E-state index is 12.0. The summed E-state index contributed by atoms with van der Waals surface area (Å²) in [5, 5.41) is 5.57. The minimum atomic E-state index is -0.459. The van der Waals surface area contributed by atoms with Crippen LogP contribution < -0.4 is 11.1 Å². The van der Waals surface area contributed by atoms with Gasteiger partial charge >= 0.3 is 0 Å². The van der Waals surface area contributed by atoms with E-state index < -0.39 is 5.91 Å². The molecule has 0 aliphatic rings. The lowest BCUT2D eigenvalue weighted by atomic mass is 10.1. The zero-order valence-corrected chi connectivity index (χ0v) is 18.7. The van der Waals surface area contributed by atoms with E-state index in [9.17, 15) is 4.79 Å². The second-order valence-electron chi connectivity index (χ2n) is 7.25. The number of nitrogens with one attached hydrogen (secondary N) is 2. The average Bonchev–Trinajstić information content (AvgIpc) is 3.16. The molecule has 0 saturated heterocycles. The van der Waals surface area contributed by atoms with E-state index in [4.69, 9.17) is 5.73 Å². The number of rotatable bonds is 6. The smallest absolute Gasteiger partial charge is 0.266 e. The molecule has 0 atom stereocenters. The van der Waals surface area contributed by atoms with Crippen LogP contribution in [0.15, 0.2) is 94.9 Å². The van der Waals surface area contributed by atoms with Gasteiger partial charge in [-0.3, -0.25) is 9.78 Å². The number of nitrogens with two attached hydrogens (primary N) is 1. The number of carbonyl (C=O) groups excluding carboxylic acids is 1. The van der Waals surface area contributed by atoms with Crippen molar-refractivity contribution in [2.75, 3.05) is 5.32 Å². The SMILES string of the molecule is Cl.NC(=O)c1[nH]c2ccc(CNc3ccc4ncccc4c3)cc2c1Sc1ccccc1. The molecule has 0 saturated carbocycles. The van der Waals surface area contributed by atoms with Crippen molar-refractivity contribution in [2.24, 2.45) is 5.73 Å². The lowest BCUT2D eigenvalue weighted by molar-refractivity contribution is 0.0993. The molecule has 4 N–H and O–H groups in total. The summed E-state index contributed by atoms with van der Waals surface area (Å²) in [6.07, 6.45) is 1.80. The molecule has 1 amide bonds. The van der Waals surface area contributed by atoms with Crippen LogP contribution in [0.1, 0.15) is 16.1 Å². The van der Waals surface area contributed by atoms with Crippen LogP contribution in [0.5, 0.6) is 0 Å². The van der Waals surface area contributed by atoms with E-state index in [0.717, 1.165) is 42.8 Å². The van der Waals surface area contributed by atoms with Gasteiger partial charge in [0.05, 0.1) is 10.4 Å². The molecule has 7 heteroatoms. The van der Waals surface area contributed by atoms with E-state index in [1.54, 1.807) is 18.0 Å². The third-order valence-corrected chi connectivity index (χ3v) is 6.26. The Kier molecular flexibility index (Phi) is 6.35. The number of primary amides is 1. The van der Waals surface area contributed by atoms with Crippen LogP contribution in [0.4, 0.5) is 5.69 Å². The molecule has 2 heterocycles. The van der Waals surface area contributed by atoms with Gasteiger partial charge < -0.3 is 16.0 Å². The molecule has 0 bridgehead atoms. The average molecular weight is 461 g/mol. The number of hydrogen-bond donors (Lipinski definition) is 3. The minimum absolute atomic E-state index is 0. The molecule has 0 unspecified atom stereocenters. The number of fused-ring (bicyclic) bond motifs is 2. The van der Waals surface area contributed by atoms with Gasteiger partial charge in [0.1, 0.15) is 5.69 Å². The summed E-state index contributed by atoms with van der Waals surface area (Å²) in [5.74, 6) is -0.459. The highest BCUT2D eigenvalue weighted by Gasteiger charge is 2.17. The molecular formula is C25H21ClN4OS. The Balaban J connectivity index is 0.00000245. The number of halogens is 1. The second kappa shape index (κ2) is 9.34. The quantitative estimate of drug-likeness (QED) is 0.290. The van der Waals surface area contributed by atoms with Crippen molar-refractivity contribution in [2.45, 2.75) is 16.3 Å². The number of aromatic nitrogens is 2. The van der Waals surface area contributed by atoms with Gasteiger partial charge in [0.2, 0.25) is 0 Å². The Labute approximate surface area is 195 Å². The molecule has 0 fully saturated rings. The molecule has 0 aliphatic heterocycles. The number of carbonyl (C=O) groups is 1. The fraction of sp³-hybridized carbons (Fsp3) is 0.0400. The topological polar surface area (TPSA) is 83.8 Å². The molecule has 3 aromatic carbocycles. The van der Waals surface area contributed by atoms with Gasteiger partial charge in [0.15, 0.2) is 0 Å². The number of pyridine rings is 1.